The summed E-state index contributed by atoms with van der Waals surface area (Å²) in [5, 5.41) is 0. The monoisotopic (exact) mass is 432 g/mol. The number of piperazine rings is 1. The predicted molar refractivity (Wildman–Crippen MR) is 137 cm³/mol. The van der Waals surface area contributed by atoms with Gasteiger partial charge in [-0.3, -0.25) is 0 Å². The van der Waals surface area contributed by atoms with Gasteiger partial charge in [0.1, 0.15) is 0 Å². The van der Waals surface area contributed by atoms with Crippen LogP contribution in [-0.4, -0.2) is 49.1 Å². The summed E-state index contributed by atoms with van der Waals surface area (Å²) in [6.07, 6.45) is 14.1. The number of benzene rings is 2. The molecule has 2 aliphatic rings. The summed E-state index contributed by atoms with van der Waals surface area (Å²) < 4.78 is 0. The lowest BCUT2D eigenvalue weighted by Crippen LogP contribution is -2.48. The van der Waals surface area contributed by atoms with Crippen molar-refractivity contribution in [1.82, 2.24) is 9.80 Å². The van der Waals surface area contributed by atoms with Crippen molar-refractivity contribution < 1.29 is 0 Å². The molecule has 2 aromatic rings. The summed E-state index contributed by atoms with van der Waals surface area (Å²) >= 11 is 0. The summed E-state index contributed by atoms with van der Waals surface area (Å²) in [6.45, 7) is 7.85. The maximum Gasteiger partial charge on any atom is 0.0110 e. The smallest absolute Gasteiger partial charge is 0.0110 e. The molecule has 2 aromatic carbocycles. The van der Waals surface area contributed by atoms with Crippen molar-refractivity contribution in [3.8, 4) is 0 Å². The summed E-state index contributed by atoms with van der Waals surface area (Å²) in [6, 6.07) is 22.2. The van der Waals surface area contributed by atoms with E-state index in [-0.39, 0.29) is 0 Å². The van der Waals surface area contributed by atoms with E-state index in [1.54, 1.807) is 0 Å². The van der Waals surface area contributed by atoms with Crippen LogP contribution >= 0.6 is 0 Å². The lowest BCUT2D eigenvalue weighted by Gasteiger charge is -2.37. The molecule has 1 aliphatic heterocycles. The van der Waals surface area contributed by atoms with E-state index in [4.69, 9.17) is 0 Å². The molecule has 2 fully saturated rings. The molecule has 1 heterocycles. The molecular formula is C30H44N2. The highest BCUT2D eigenvalue weighted by Crippen LogP contribution is 2.30. The van der Waals surface area contributed by atoms with Crippen molar-refractivity contribution in [2.75, 3.05) is 39.3 Å². The second kappa shape index (κ2) is 13.2. The van der Waals surface area contributed by atoms with Crippen LogP contribution in [0, 0.1) is 5.92 Å². The van der Waals surface area contributed by atoms with Crippen molar-refractivity contribution in [3.63, 3.8) is 0 Å². The number of hydrogen-bond acceptors (Lipinski definition) is 2. The number of nitrogens with zero attached hydrogens (tertiary/aromatic N) is 2. The van der Waals surface area contributed by atoms with E-state index in [0.717, 1.165) is 5.92 Å². The van der Waals surface area contributed by atoms with Gasteiger partial charge in [0.15, 0.2) is 0 Å². The van der Waals surface area contributed by atoms with Crippen molar-refractivity contribution in [3.05, 3.63) is 71.8 Å². The van der Waals surface area contributed by atoms with E-state index in [1.165, 1.54) is 115 Å². The zero-order chi connectivity index (χ0) is 21.8. The summed E-state index contributed by atoms with van der Waals surface area (Å²) in [4.78, 5) is 5.47. The van der Waals surface area contributed by atoms with Gasteiger partial charge in [0.25, 0.3) is 0 Å². The van der Waals surface area contributed by atoms with Gasteiger partial charge in [-0.1, -0.05) is 99.2 Å². The molecule has 0 unspecified atom stereocenters. The van der Waals surface area contributed by atoms with Gasteiger partial charge in [-0.05, 0) is 49.3 Å². The highest BCUT2D eigenvalue weighted by atomic mass is 15.3. The molecule has 2 heteroatoms. The van der Waals surface area contributed by atoms with Gasteiger partial charge in [0.2, 0.25) is 0 Å². The second-order valence-corrected chi connectivity index (χ2v) is 10.2. The molecule has 1 saturated heterocycles. The molecular weight excluding hydrogens is 388 g/mol. The van der Waals surface area contributed by atoms with Gasteiger partial charge < -0.3 is 9.80 Å². The van der Waals surface area contributed by atoms with Crippen LogP contribution in [-0.2, 0) is 0 Å². The Hall–Kier alpha value is -1.64. The summed E-state index contributed by atoms with van der Waals surface area (Å²) in [5.41, 5.74) is 2.93. The standard InChI is InChI=1S/C30H44N2/c1(12-20-30(28-16-8-4-9-17-28)29-18-10-5-11-19-29)2-13-21-31-22-24-32(25-23-31)26-27-14-6-3-7-15-27/h4-5,8-11,16-19,27,30H,1-3,6-7,12-15,20-26H2. The third-order valence-electron chi connectivity index (χ3n) is 7.83. The van der Waals surface area contributed by atoms with E-state index in [2.05, 4.69) is 70.5 Å². The third-order valence-corrected chi connectivity index (χ3v) is 7.83. The Kier molecular flexibility index (Phi) is 9.67. The molecule has 0 aromatic heterocycles. The minimum Gasteiger partial charge on any atom is -0.301 e. The summed E-state index contributed by atoms with van der Waals surface area (Å²) in [7, 11) is 0. The molecule has 0 amide bonds. The maximum atomic E-state index is 2.75. The molecule has 2 nitrogen and oxygen atoms in total. The lowest BCUT2D eigenvalue weighted by molar-refractivity contribution is 0.108. The average Bonchev–Trinajstić information content (AvgIpc) is 2.86. The SMILES string of the molecule is c1ccc(C(CCCCCCN2CCN(CC3CCCCC3)CC2)c2ccccc2)cc1. The van der Waals surface area contributed by atoms with Gasteiger partial charge in [-0.25, -0.2) is 0 Å². The first kappa shape index (κ1) is 23.5. The molecule has 0 radical (unpaired) electrons. The molecule has 4 rings (SSSR count). The third kappa shape index (κ3) is 7.46. The molecule has 174 valence electrons. The number of rotatable bonds is 11. The highest BCUT2D eigenvalue weighted by molar-refractivity contribution is 5.32. The van der Waals surface area contributed by atoms with Crippen LogP contribution in [0.15, 0.2) is 60.7 Å². The van der Waals surface area contributed by atoms with E-state index in [0.29, 0.717) is 5.92 Å². The Balaban J connectivity index is 1.11. The number of hydrogen-bond donors (Lipinski definition) is 0. The fourth-order valence-corrected chi connectivity index (χ4v) is 5.86. The topological polar surface area (TPSA) is 6.48 Å². The Morgan fingerprint density at radius 1 is 0.625 bits per heavy atom. The second-order valence-electron chi connectivity index (χ2n) is 10.2. The highest BCUT2D eigenvalue weighted by Gasteiger charge is 2.21. The Morgan fingerprint density at radius 3 is 1.81 bits per heavy atom. The van der Waals surface area contributed by atoms with E-state index >= 15 is 0 Å². The van der Waals surface area contributed by atoms with Crippen molar-refractivity contribution in [2.45, 2.75) is 70.1 Å². The Morgan fingerprint density at radius 2 is 1.19 bits per heavy atom. The molecule has 0 bridgehead atoms. The first-order chi connectivity index (χ1) is 15.9. The van der Waals surface area contributed by atoms with Crippen LogP contribution in [0.5, 0.6) is 0 Å². The van der Waals surface area contributed by atoms with E-state index in [1.807, 2.05) is 0 Å². The van der Waals surface area contributed by atoms with Crippen LogP contribution in [0.1, 0.15) is 81.3 Å². The fraction of sp³-hybridized carbons (Fsp3) is 0.600. The molecule has 0 N–H and O–H groups in total. The zero-order valence-electron chi connectivity index (χ0n) is 20.1. The van der Waals surface area contributed by atoms with Crippen LogP contribution < -0.4 is 0 Å². The lowest BCUT2D eigenvalue weighted by atomic mass is 9.87. The fourth-order valence-electron chi connectivity index (χ4n) is 5.86. The zero-order valence-corrected chi connectivity index (χ0v) is 20.1. The molecule has 32 heavy (non-hydrogen) atoms. The maximum absolute atomic E-state index is 2.75. The quantitative estimate of drug-likeness (QED) is 0.354. The van der Waals surface area contributed by atoms with Gasteiger partial charge in [-0.2, -0.15) is 0 Å². The average molecular weight is 433 g/mol. The first-order valence-corrected chi connectivity index (χ1v) is 13.4. The normalized spacial score (nSPS) is 18.9. The molecule has 0 spiro atoms. The van der Waals surface area contributed by atoms with Gasteiger partial charge in [0.05, 0.1) is 0 Å². The van der Waals surface area contributed by atoms with Gasteiger partial charge in [-0.15, -0.1) is 0 Å². The molecule has 1 aliphatic carbocycles. The Bertz CT molecular complexity index is 690. The largest absolute Gasteiger partial charge is 0.301 e. The van der Waals surface area contributed by atoms with Crippen LogP contribution in [0.3, 0.4) is 0 Å². The molecule has 1 saturated carbocycles. The van der Waals surface area contributed by atoms with E-state index in [9.17, 15) is 0 Å². The minimum absolute atomic E-state index is 0.537. The minimum atomic E-state index is 0.537. The van der Waals surface area contributed by atoms with Crippen LogP contribution in [0.2, 0.25) is 0 Å². The summed E-state index contributed by atoms with van der Waals surface area (Å²) in [5.74, 6) is 1.53. The number of unbranched alkanes of at least 4 members (excludes halogenated alkanes) is 3. The van der Waals surface area contributed by atoms with Crippen molar-refractivity contribution in [1.29, 1.82) is 0 Å². The predicted octanol–water partition coefficient (Wildman–Crippen LogP) is 6.97. The van der Waals surface area contributed by atoms with Gasteiger partial charge >= 0.3 is 0 Å². The Labute approximate surface area is 197 Å². The van der Waals surface area contributed by atoms with Gasteiger partial charge in [0, 0.05) is 38.6 Å². The van der Waals surface area contributed by atoms with E-state index < -0.39 is 0 Å². The van der Waals surface area contributed by atoms with Crippen molar-refractivity contribution in [2.24, 2.45) is 5.92 Å². The van der Waals surface area contributed by atoms with Crippen molar-refractivity contribution >= 4 is 0 Å². The molecule has 0 atom stereocenters. The first-order valence-electron chi connectivity index (χ1n) is 13.4. The van der Waals surface area contributed by atoms with Crippen LogP contribution in [0.25, 0.3) is 0 Å². The van der Waals surface area contributed by atoms with Crippen LogP contribution in [0.4, 0.5) is 0 Å².